The molecule has 0 fully saturated rings. The second-order valence-electron chi connectivity index (χ2n) is 2.84. The predicted molar refractivity (Wildman–Crippen MR) is 62.0 cm³/mol. The first-order valence-corrected chi connectivity index (χ1v) is 6.10. The highest BCUT2D eigenvalue weighted by Gasteiger charge is 2.12. The van der Waals surface area contributed by atoms with E-state index >= 15 is 0 Å². The van der Waals surface area contributed by atoms with E-state index in [9.17, 15) is 0 Å². The van der Waals surface area contributed by atoms with Crippen LogP contribution in [-0.2, 0) is 0 Å². The lowest BCUT2D eigenvalue weighted by molar-refractivity contribution is 1.46. The average molecular weight is 207 g/mol. The van der Waals surface area contributed by atoms with E-state index in [1.165, 1.54) is 11.1 Å². The smallest absolute Gasteiger partial charge is 0.115 e. The number of hydrogen-bond donors (Lipinski definition) is 0. The topological polar surface area (TPSA) is 12.4 Å². The quantitative estimate of drug-likeness (QED) is 0.652. The summed E-state index contributed by atoms with van der Waals surface area (Å²) in [5.41, 5.74) is 2.46. The highest BCUT2D eigenvalue weighted by atomic mass is 33.1. The molecule has 1 aliphatic heterocycles. The molecule has 1 aliphatic rings. The van der Waals surface area contributed by atoms with Crippen molar-refractivity contribution >= 4 is 26.6 Å². The Hall–Kier alpha value is -0.670. The van der Waals surface area contributed by atoms with E-state index in [0.717, 1.165) is 10.1 Å². The van der Waals surface area contributed by atoms with E-state index in [1.54, 1.807) is 21.6 Å². The van der Waals surface area contributed by atoms with Gasteiger partial charge >= 0.3 is 0 Å². The molecule has 0 saturated heterocycles. The van der Waals surface area contributed by atoms with Crippen LogP contribution >= 0.6 is 21.6 Å². The summed E-state index contributed by atoms with van der Waals surface area (Å²) >= 11 is 0. The third-order valence-corrected chi connectivity index (χ3v) is 3.89. The minimum atomic E-state index is 0.889. The second kappa shape index (κ2) is 3.60. The highest BCUT2D eigenvalue weighted by molar-refractivity contribution is 8.84. The van der Waals surface area contributed by atoms with Gasteiger partial charge in [-0.25, -0.2) is 4.99 Å². The molecule has 0 amide bonds. The minimum Gasteiger partial charge on any atom is -0.233 e. The van der Waals surface area contributed by atoms with Gasteiger partial charge in [-0.15, -0.1) is 0 Å². The van der Waals surface area contributed by atoms with Gasteiger partial charge in [0.15, 0.2) is 0 Å². The molecule has 2 rings (SSSR count). The molecule has 0 aliphatic carbocycles. The van der Waals surface area contributed by atoms with E-state index in [4.69, 9.17) is 0 Å². The minimum absolute atomic E-state index is 0.889. The fourth-order valence-electron chi connectivity index (χ4n) is 1.05. The Morgan fingerprint density at radius 1 is 1.15 bits per heavy atom. The molecule has 0 unspecified atom stereocenters. The zero-order chi connectivity index (χ0) is 9.26. The molecule has 0 aromatic heterocycles. The molecule has 0 saturated carbocycles. The zero-order valence-electron chi connectivity index (χ0n) is 7.28. The first-order chi connectivity index (χ1) is 6.25. The summed E-state index contributed by atoms with van der Waals surface area (Å²) in [6.45, 7) is 5.89. The Bertz CT molecular complexity index is 365. The highest BCUT2D eigenvalue weighted by Crippen LogP contribution is 2.40. The first-order valence-electron chi connectivity index (χ1n) is 3.95. The summed E-state index contributed by atoms with van der Waals surface area (Å²) in [6.07, 6.45) is 0. The number of aliphatic imine (C=N–C) groups is 1. The van der Waals surface area contributed by atoms with Crippen molar-refractivity contribution < 1.29 is 0 Å². The standard InChI is InChI=1S/C10H9NS2/c1-7-3-5-9(6-4-7)10-11-8(2)12-13-10/h3-6H,2H2,1H3. The van der Waals surface area contributed by atoms with E-state index in [-0.39, 0.29) is 0 Å². The van der Waals surface area contributed by atoms with Crippen molar-refractivity contribution in [3.8, 4) is 0 Å². The van der Waals surface area contributed by atoms with Crippen LogP contribution in [0, 0.1) is 6.92 Å². The molecule has 0 spiro atoms. The third-order valence-electron chi connectivity index (χ3n) is 1.74. The molecule has 0 radical (unpaired) electrons. The Balaban J connectivity index is 2.31. The summed E-state index contributed by atoms with van der Waals surface area (Å²) in [5, 5.41) is 1.95. The van der Waals surface area contributed by atoms with Crippen molar-refractivity contribution in [2.24, 2.45) is 4.99 Å². The van der Waals surface area contributed by atoms with Gasteiger partial charge in [0.25, 0.3) is 0 Å². The van der Waals surface area contributed by atoms with Gasteiger partial charge in [0, 0.05) is 5.56 Å². The van der Waals surface area contributed by atoms with Crippen LogP contribution in [-0.4, -0.2) is 5.04 Å². The van der Waals surface area contributed by atoms with Gasteiger partial charge in [0.2, 0.25) is 0 Å². The molecule has 3 heteroatoms. The maximum Gasteiger partial charge on any atom is 0.115 e. The fourth-order valence-corrected chi connectivity index (χ4v) is 2.83. The van der Waals surface area contributed by atoms with Crippen LogP contribution < -0.4 is 0 Å². The lowest BCUT2D eigenvalue weighted by atomic mass is 10.2. The molecule has 1 aromatic rings. The van der Waals surface area contributed by atoms with Crippen molar-refractivity contribution in [1.29, 1.82) is 0 Å². The third kappa shape index (κ3) is 1.98. The van der Waals surface area contributed by atoms with Crippen LogP contribution in [0.15, 0.2) is 40.9 Å². The first kappa shape index (κ1) is 8.91. The molecule has 1 aromatic carbocycles. The Labute approximate surface area is 85.7 Å². The van der Waals surface area contributed by atoms with Crippen LogP contribution in [0.5, 0.6) is 0 Å². The molecule has 0 N–H and O–H groups in total. The number of rotatable bonds is 1. The van der Waals surface area contributed by atoms with Crippen LogP contribution in [0.25, 0.3) is 0 Å². The number of nitrogens with zero attached hydrogens (tertiary/aromatic N) is 1. The van der Waals surface area contributed by atoms with Crippen LogP contribution in [0.4, 0.5) is 0 Å². The summed E-state index contributed by atoms with van der Waals surface area (Å²) in [4.78, 5) is 4.34. The number of hydrogen-bond acceptors (Lipinski definition) is 3. The summed E-state index contributed by atoms with van der Waals surface area (Å²) in [7, 11) is 3.30. The molecular formula is C10H9NS2. The van der Waals surface area contributed by atoms with Gasteiger partial charge in [-0.1, -0.05) is 36.4 Å². The summed E-state index contributed by atoms with van der Waals surface area (Å²) in [6, 6.07) is 8.40. The van der Waals surface area contributed by atoms with Gasteiger partial charge in [-0.3, -0.25) is 0 Å². The van der Waals surface area contributed by atoms with Crippen molar-refractivity contribution in [1.82, 2.24) is 0 Å². The molecule has 66 valence electrons. The lowest BCUT2D eigenvalue weighted by Gasteiger charge is -1.98. The van der Waals surface area contributed by atoms with Crippen molar-refractivity contribution in [3.63, 3.8) is 0 Å². The molecular weight excluding hydrogens is 198 g/mol. The maximum atomic E-state index is 4.34. The zero-order valence-corrected chi connectivity index (χ0v) is 8.91. The molecule has 1 nitrogen and oxygen atoms in total. The number of benzene rings is 1. The average Bonchev–Trinajstić information content (AvgIpc) is 2.53. The van der Waals surface area contributed by atoms with E-state index in [0.29, 0.717) is 0 Å². The van der Waals surface area contributed by atoms with Gasteiger partial charge in [-0.2, -0.15) is 0 Å². The summed E-state index contributed by atoms with van der Waals surface area (Å²) < 4.78 is 0. The normalized spacial score (nSPS) is 16.1. The monoisotopic (exact) mass is 207 g/mol. The number of aryl methyl sites for hydroxylation is 1. The molecule has 1 heterocycles. The van der Waals surface area contributed by atoms with Gasteiger partial charge in [0.05, 0.1) is 0 Å². The maximum absolute atomic E-state index is 4.34. The van der Waals surface area contributed by atoms with Crippen molar-refractivity contribution in [3.05, 3.63) is 47.0 Å². The Kier molecular flexibility index (Phi) is 2.47. The van der Waals surface area contributed by atoms with Crippen LogP contribution in [0.2, 0.25) is 0 Å². The van der Waals surface area contributed by atoms with Crippen molar-refractivity contribution in [2.45, 2.75) is 6.92 Å². The summed E-state index contributed by atoms with van der Waals surface area (Å²) in [5.74, 6) is 0. The predicted octanol–water partition coefficient (Wildman–Crippen LogP) is 3.61. The fraction of sp³-hybridized carbons (Fsp3) is 0.100. The second-order valence-corrected chi connectivity index (χ2v) is 5.03. The van der Waals surface area contributed by atoms with Crippen LogP contribution in [0.3, 0.4) is 0 Å². The molecule has 13 heavy (non-hydrogen) atoms. The van der Waals surface area contributed by atoms with Gasteiger partial charge in [0.1, 0.15) is 10.1 Å². The largest absolute Gasteiger partial charge is 0.233 e. The Morgan fingerprint density at radius 2 is 1.85 bits per heavy atom. The van der Waals surface area contributed by atoms with E-state index < -0.39 is 0 Å². The van der Waals surface area contributed by atoms with Crippen molar-refractivity contribution in [2.75, 3.05) is 0 Å². The SMILES string of the molecule is C=C1N=C(c2ccc(C)cc2)SS1. The Morgan fingerprint density at radius 3 is 2.38 bits per heavy atom. The van der Waals surface area contributed by atoms with E-state index in [2.05, 4.69) is 42.8 Å². The van der Waals surface area contributed by atoms with Gasteiger partial charge < -0.3 is 0 Å². The van der Waals surface area contributed by atoms with Gasteiger partial charge in [-0.05, 0) is 28.5 Å². The lowest BCUT2D eigenvalue weighted by Crippen LogP contribution is -1.89. The molecule has 0 atom stereocenters. The van der Waals surface area contributed by atoms with Crippen LogP contribution in [0.1, 0.15) is 11.1 Å². The van der Waals surface area contributed by atoms with E-state index in [1.807, 2.05) is 0 Å². The molecule has 0 bridgehead atoms.